The highest BCUT2D eigenvalue weighted by atomic mass is 16.3. The lowest BCUT2D eigenvalue weighted by Crippen LogP contribution is -2.52. The molecule has 24 heavy (non-hydrogen) atoms. The SMILES string of the molecule is CC1CCN(c2ccc(NC(=O)NC(C)(CO)C3CC3)cc2)CC1. The van der Waals surface area contributed by atoms with Crippen molar-refractivity contribution in [2.45, 2.75) is 45.1 Å². The molecule has 1 aliphatic heterocycles. The van der Waals surface area contributed by atoms with E-state index >= 15 is 0 Å². The number of hydrogen-bond acceptors (Lipinski definition) is 3. The average Bonchev–Trinajstić information content (AvgIpc) is 3.41. The molecular formula is C19H29N3O2. The van der Waals surface area contributed by atoms with E-state index in [9.17, 15) is 9.90 Å². The van der Waals surface area contributed by atoms with Crippen molar-refractivity contribution in [2.75, 3.05) is 29.9 Å². The van der Waals surface area contributed by atoms with Crippen molar-refractivity contribution in [1.29, 1.82) is 0 Å². The fourth-order valence-electron chi connectivity index (χ4n) is 3.44. The summed E-state index contributed by atoms with van der Waals surface area (Å²) in [4.78, 5) is 14.6. The molecule has 1 aromatic rings. The first-order chi connectivity index (χ1) is 11.5. The van der Waals surface area contributed by atoms with Crippen LogP contribution >= 0.6 is 0 Å². The lowest BCUT2D eigenvalue weighted by Gasteiger charge is -2.32. The number of urea groups is 1. The summed E-state index contributed by atoms with van der Waals surface area (Å²) < 4.78 is 0. The number of benzene rings is 1. The zero-order valence-corrected chi connectivity index (χ0v) is 14.7. The molecule has 1 atom stereocenters. The highest BCUT2D eigenvalue weighted by Gasteiger charge is 2.42. The number of aliphatic hydroxyl groups is 1. The first kappa shape index (κ1) is 17.1. The Morgan fingerprint density at radius 1 is 1.21 bits per heavy atom. The Bertz CT molecular complexity index is 562. The molecule has 2 amide bonds. The molecule has 1 aliphatic carbocycles. The number of carbonyl (C=O) groups is 1. The van der Waals surface area contributed by atoms with Crippen LogP contribution in [-0.2, 0) is 0 Å². The van der Waals surface area contributed by atoms with Crippen LogP contribution in [0.15, 0.2) is 24.3 Å². The van der Waals surface area contributed by atoms with Crippen molar-refractivity contribution in [3.63, 3.8) is 0 Å². The highest BCUT2D eigenvalue weighted by Crippen LogP contribution is 2.39. The van der Waals surface area contributed by atoms with Crippen LogP contribution < -0.4 is 15.5 Å². The Morgan fingerprint density at radius 3 is 2.38 bits per heavy atom. The topological polar surface area (TPSA) is 64.6 Å². The maximum absolute atomic E-state index is 12.2. The highest BCUT2D eigenvalue weighted by molar-refractivity contribution is 5.90. The third-order valence-corrected chi connectivity index (χ3v) is 5.48. The van der Waals surface area contributed by atoms with Gasteiger partial charge in [0.15, 0.2) is 0 Å². The summed E-state index contributed by atoms with van der Waals surface area (Å²) in [6.45, 7) is 6.39. The third kappa shape index (κ3) is 4.01. The van der Waals surface area contributed by atoms with Gasteiger partial charge in [0.05, 0.1) is 12.1 Å². The van der Waals surface area contributed by atoms with Crippen LogP contribution in [0.2, 0.25) is 0 Å². The van der Waals surface area contributed by atoms with Gasteiger partial charge >= 0.3 is 6.03 Å². The molecule has 3 N–H and O–H groups in total. The molecule has 0 radical (unpaired) electrons. The molecule has 1 unspecified atom stereocenters. The lowest BCUT2D eigenvalue weighted by molar-refractivity contribution is 0.159. The largest absolute Gasteiger partial charge is 0.394 e. The molecule has 0 spiro atoms. The summed E-state index contributed by atoms with van der Waals surface area (Å²) in [6, 6.07) is 7.77. The van der Waals surface area contributed by atoms with Crippen LogP contribution in [-0.4, -0.2) is 36.4 Å². The number of anilines is 2. The van der Waals surface area contributed by atoms with Gasteiger partial charge in [-0.2, -0.15) is 0 Å². The molecule has 3 rings (SSSR count). The summed E-state index contributed by atoms with van der Waals surface area (Å²) in [7, 11) is 0. The first-order valence-electron chi connectivity index (χ1n) is 9.05. The van der Waals surface area contributed by atoms with E-state index < -0.39 is 5.54 Å². The van der Waals surface area contributed by atoms with Gasteiger partial charge in [-0.15, -0.1) is 0 Å². The van der Waals surface area contributed by atoms with E-state index in [0.29, 0.717) is 5.92 Å². The van der Waals surface area contributed by atoms with Crippen LogP contribution in [0.25, 0.3) is 0 Å². The van der Waals surface area contributed by atoms with Crippen LogP contribution in [0.4, 0.5) is 16.2 Å². The predicted molar refractivity (Wildman–Crippen MR) is 97.4 cm³/mol. The smallest absolute Gasteiger partial charge is 0.319 e. The second-order valence-corrected chi connectivity index (χ2v) is 7.65. The number of piperidine rings is 1. The van der Waals surface area contributed by atoms with Crippen LogP contribution in [0.3, 0.4) is 0 Å². The van der Waals surface area contributed by atoms with Crippen LogP contribution in [0.1, 0.15) is 39.5 Å². The molecule has 5 heteroatoms. The Balaban J connectivity index is 1.55. The minimum atomic E-state index is -0.519. The molecule has 1 aromatic carbocycles. The maximum Gasteiger partial charge on any atom is 0.319 e. The number of amides is 2. The predicted octanol–water partition coefficient (Wildman–Crippen LogP) is 3.21. The molecule has 2 aliphatic rings. The van der Waals surface area contributed by atoms with Crippen molar-refractivity contribution in [1.82, 2.24) is 5.32 Å². The number of hydrogen-bond donors (Lipinski definition) is 3. The normalized spacial score (nSPS) is 21.2. The molecule has 1 saturated carbocycles. The van der Waals surface area contributed by atoms with Gasteiger partial charge in [0.2, 0.25) is 0 Å². The molecule has 5 nitrogen and oxygen atoms in total. The Kier molecular flexibility index (Phi) is 4.99. The van der Waals surface area contributed by atoms with Crippen molar-refractivity contribution >= 4 is 17.4 Å². The Morgan fingerprint density at radius 2 is 1.83 bits per heavy atom. The van der Waals surface area contributed by atoms with Crippen molar-refractivity contribution in [2.24, 2.45) is 11.8 Å². The minimum Gasteiger partial charge on any atom is -0.394 e. The van der Waals surface area contributed by atoms with Crippen molar-refractivity contribution < 1.29 is 9.90 Å². The number of nitrogens with zero attached hydrogens (tertiary/aromatic N) is 1. The monoisotopic (exact) mass is 331 g/mol. The van der Waals surface area contributed by atoms with E-state index in [0.717, 1.165) is 37.5 Å². The quantitative estimate of drug-likeness (QED) is 0.776. The van der Waals surface area contributed by atoms with Gasteiger partial charge in [-0.1, -0.05) is 6.92 Å². The lowest BCUT2D eigenvalue weighted by atomic mass is 9.97. The molecule has 2 fully saturated rings. The van der Waals surface area contributed by atoms with Crippen molar-refractivity contribution in [3.05, 3.63) is 24.3 Å². The fourth-order valence-corrected chi connectivity index (χ4v) is 3.44. The molecule has 1 heterocycles. The van der Waals surface area contributed by atoms with Gasteiger partial charge in [-0.25, -0.2) is 4.79 Å². The van der Waals surface area contributed by atoms with E-state index in [1.807, 2.05) is 19.1 Å². The van der Waals surface area contributed by atoms with E-state index in [-0.39, 0.29) is 12.6 Å². The maximum atomic E-state index is 12.2. The minimum absolute atomic E-state index is 0.0304. The Labute approximate surface area is 144 Å². The first-order valence-corrected chi connectivity index (χ1v) is 9.05. The van der Waals surface area contributed by atoms with E-state index in [1.165, 1.54) is 18.5 Å². The number of carbonyl (C=O) groups excluding carboxylic acids is 1. The van der Waals surface area contributed by atoms with Crippen molar-refractivity contribution in [3.8, 4) is 0 Å². The van der Waals surface area contributed by atoms with Crippen LogP contribution in [0.5, 0.6) is 0 Å². The average molecular weight is 331 g/mol. The summed E-state index contributed by atoms with van der Waals surface area (Å²) in [5.41, 5.74) is 1.47. The van der Waals surface area contributed by atoms with E-state index in [4.69, 9.17) is 0 Å². The fraction of sp³-hybridized carbons (Fsp3) is 0.632. The summed E-state index contributed by atoms with van der Waals surface area (Å²) in [6.07, 6.45) is 4.62. The van der Waals surface area contributed by atoms with Crippen LogP contribution in [0, 0.1) is 11.8 Å². The summed E-state index contributed by atoms with van der Waals surface area (Å²) in [5, 5.41) is 15.4. The zero-order valence-electron chi connectivity index (χ0n) is 14.7. The van der Waals surface area contributed by atoms with Gasteiger partial charge in [0.1, 0.15) is 0 Å². The molecule has 132 valence electrons. The summed E-state index contributed by atoms with van der Waals surface area (Å²) >= 11 is 0. The standard InChI is InChI=1S/C19H29N3O2/c1-14-9-11-22(12-10-14)17-7-5-16(6-8-17)20-18(24)21-19(2,13-23)15-3-4-15/h5-8,14-15,23H,3-4,9-13H2,1-2H3,(H2,20,21,24). The number of aliphatic hydroxyl groups excluding tert-OH is 1. The number of nitrogens with one attached hydrogen (secondary N) is 2. The van der Waals surface area contributed by atoms with Gasteiger partial charge < -0.3 is 20.6 Å². The molecule has 0 bridgehead atoms. The molecule has 1 saturated heterocycles. The second-order valence-electron chi connectivity index (χ2n) is 7.65. The van der Waals surface area contributed by atoms with E-state index in [2.05, 4.69) is 34.6 Å². The molecular weight excluding hydrogens is 302 g/mol. The number of rotatable bonds is 5. The third-order valence-electron chi connectivity index (χ3n) is 5.48. The molecule has 0 aromatic heterocycles. The summed E-state index contributed by atoms with van der Waals surface area (Å²) in [5.74, 6) is 1.20. The van der Waals surface area contributed by atoms with Gasteiger partial charge in [-0.05, 0) is 68.7 Å². The zero-order chi connectivity index (χ0) is 17.2. The van der Waals surface area contributed by atoms with Gasteiger partial charge in [-0.3, -0.25) is 0 Å². The Hall–Kier alpha value is -1.75. The van der Waals surface area contributed by atoms with E-state index in [1.54, 1.807) is 0 Å². The second kappa shape index (κ2) is 7.01. The van der Waals surface area contributed by atoms with Gasteiger partial charge in [0.25, 0.3) is 0 Å². The van der Waals surface area contributed by atoms with Gasteiger partial charge in [0, 0.05) is 24.5 Å².